The lowest BCUT2D eigenvalue weighted by Gasteiger charge is -2.62. The highest BCUT2D eigenvalue weighted by molar-refractivity contribution is 5.71. The molecule has 6 fully saturated rings. The van der Waals surface area contributed by atoms with E-state index in [4.69, 9.17) is 18.9 Å². The van der Waals surface area contributed by atoms with E-state index in [1.165, 1.54) is 12.5 Å². The molecule has 0 amide bonds. The maximum atomic E-state index is 12.6. The number of ether oxygens (including phenoxy) is 4. The van der Waals surface area contributed by atoms with Crippen molar-refractivity contribution in [3.8, 4) is 0 Å². The summed E-state index contributed by atoms with van der Waals surface area (Å²) >= 11 is 0. The fraction of sp³-hybridized carbons (Fsp3) is 0.879. The number of carbonyl (C=O) groups excluding carboxylic acids is 2. The summed E-state index contributed by atoms with van der Waals surface area (Å²) in [6.07, 6.45) is 2.78. The normalized spacial score (nSPS) is 55.5. The van der Waals surface area contributed by atoms with Crippen LogP contribution in [0.25, 0.3) is 0 Å². The third kappa shape index (κ3) is 3.49. The van der Waals surface area contributed by atoms with Crippen LogP contribution in [0.4, 0.5) is 0 Å². The zero-order chi connectivity index (χ0) is 30.2. The minimum Gasteiger partial charge on any atom is -0.462 e. The first kappa shape index (κ1) is 29.2. The van der Waals surface area contributed by atoms with Gasteiger partial charge in [-0.2, -0.15) is 0 Å². The highest BCUT2D eigenvalue weighted by Crippen LogP contribution is 2.88. The quantitative estimate of drug-likeness (QED) is 0.336. The Labute approximate surface area is 248 Å². The lowest BCUT2D eigenvalue weighted by atomic mass is 9.44. The summed E-state index contributed by atoms with van der Waals surface area (Å²) in [6, 6.07) is 0. The maximum Gasteiger partial charge on any atom is 0.306 e. The van der Waals surface area contributed by atoms with Crippen LogP contribution >= 0.6 is 0 Å². The minimum absolute atomic E-state index is 0.0565. The summed E-state index contributed by atoms with van der Waals surface area (Å²) in [4.78, 5) is 25.1. The van der Waals surface area contributed by atoms with Crippen molar-refractivity contribution in [3.05, 3.63) is 11.6 Å². The largest absolute Gasteiger partial charge is 0.462 e. The van der Waals surface area contributed by atoms with Gasteiger partial charge in [0.2, 0.25) is 0 Å². The average molecular weight is 589 g/mol. The molecule has 3 N–H and O–H groups in total. The first-order valence-corrected chi connectivity index (χ1v) is 16.0. The number of esters is 2. The van der Waals surface area contributed by atoms with Gasteiger partial charge in [0.05, 0.1) is 12.7 Å². The van der Waals surface area contributed by atoms with Crippen LogP contribution < -0.4 is 0 Å². The lowest BCUT2D eigenvalue weighted by Crippen LogP contribution is -2.60. The number of allylic oxidation sites excluding steroid dienone is 2. The van der Waals surface area contributed by atoms with Crippen LogP contribution in [0.5, 0.6) is 0 Å². The van der Waals surface area contributed by atoms with Crippen molar-refractivity contribution in [1.82, 2.24) is 0 Å². The molecule has 0 radical (unpaired) electrons. The van der Waals surface area contributed by atoms with E-state index in [-0.39, 0.29) is 75.8 Å². The highest BCUT2D eigenvalue weighted by Gasteiger charge is 2.83. The van der Waals surface area contributed by atoms with E-state index in [2.05, 4.69) is 40.7 Å². The van der Waals surface area contributed by atoms with Gasteiger partial charge in [-0.1, -0.05) is 46.3 Å². The molecular weight excluding hydrogens is 540 g/mol. The van der Waals surface area contributed by atoms with E-state index in [9.17, 15) is 24.9 Å². The topological polar surface area (TPSA) is 132 Å². The van der Waals surface area contributed by atoms with Gasteiger partial charge in [0.15, 0.2) is 6.29 Å². The second kappa shape index (κ2) is 9.03. The number of aliphatic hydroxyl groups is 3. The van der Waals surface area contributed by atoms with Crippen molar-refractivity contribution in [2.45, 2.75) is 129 Å². The van der Waals surface area contributed by atoms with E-state index in [0.29, 0.717) is 12.3 Å². The van der Waals surface area contributed by atoms with Crippen LogP contribution in [0.15, 0.2) is 11.6 Å². The molecule has 5 aliphatic carbocycles. The number of aliphatic hydroxyl groups excluding tert-OH is 3. The average Bonchev–Trinajstić information content (AvgIpc) is 3.48. The van der Waals surface area contributed by atoms with E-state index in [0.717, 1.165) is 38.5 Å². The Kier molecular flexibility index (Phi) is 6.28. The number of hydrogen-bond donors (Lipinski definition) is 3. The Morgan fingerprint density at radius 3 is 2.52 bits per heavy atom. The van der Waals surface area contributed by atoms with Gasteiger partial charge in [-0.25, -0.2) is 0 Å². The molecular formula is C33H48O9. The molecule has 2 saturated heterocycles. The molecule has 234 valence electrons. The number of rotatable bonds is 3. The maximum absolute atomic E-state index is 12.6. The Morgan fingerprint density at radius 1 is 1.07 bits per heavy atom. The smallest absolute Gasteiger partial charge is 0.306 e. The van der Waals surface area contributed by atoms with Crippen molar-refractivity contribution >= 4 is 11.9 Å². The third-order valence-corrected chi connectivity index (χ3v) is 13.9. The van der Waals surface area contributed by atoms with E-state index >= 15 is 0 Å². The second-order valence-electron chi connectivity index (χ2n) is 15.9. The van der Waals surface area contributed by atoms with E-state index < -0.39 is 24.6 Å². The molecule has 7 rings (SSSR count). The molecule has 0 aromatic heterocycles. The van der Waals surface area contributed by atoms with Gasteiger partial charge in [0.1, 0.15) is 30.5 Å². The Morgan fingerprint density at radius 2 is 1.81 bits per heavy atom. The molecule has 0 aromatic rings. The summed E-state index contributed by atoms with van der Waals surface area (Å²) in [5.74, 6) is 0.225. The molecule has 2 aliphatic heterocycles. The number of carbonyl (C=O) groups is 2. The molecule has 4 saturated carbocycles. The molecule has 14 atom stereocenters. The van der Waals surface area contributed by atoms with Crippen LogP contribution in [-0.2, 0) is 28.5 Å². The standard InChI is InChI=1S/C33H48O9/c1-16-11-24(36)41-19-12-30(5)21-8-7-20-29(3,4)22(42-28-27(38)26(37)18(35)14-39-28)9-10-32(20)15-33(21,32)13-23(40-17(2)34)31(30,6)25(16)19/h8,16,18-20,22-23,25-28,35,37-38H,7,9-15H2,1-6H3/t16-,18-,19+,20+,22+,23-,25+,26+,27-,28+,30+,31-,32-,33+/m1/s1. The zero-order valence-corrected chi connectivity index (χ0v) is 25.8. The number of fused-ring (bicyclic) bond motifs is 4. The van der Waals surface area contributed by atoms with Crippen LogP contribution in [0, 0.1) is 44.8 Å². The fourth-order valence-electron chi connectivity index (χ4n) is 12.0. The van der Waals surface area contributed by atoms with Crippen molar-refractivity contribution < 1.29 is 43.9 Å². The van der Waals surface area contributed by atoms with Crippen molar-refractivity contribution in [1.29, 1.82) is 0 Å². The van der Waals surface area contributed by atoms with Crippen LogP contribution in [0.2, 0.25) is 0 Å². The van der Waals surface area contributed by atoms with Gasteiger partial charge in [-0.05, 0) is 61.2 Å². The first-order valence-electron chi connectivity index (χ1n) is 16.0. The summed E-state index contributed by atoms with van der Waals surface area (Å²) in [6.45, 7) is 12.7. The van der Waals surface area contributed by atoms with Crippen LogP contribution in [-0.4, -0.2) is 76.8 Å². The first-order chi connectivity index (χ1) is 19.6. The minimum atomic E-state index is -1.31. The predicted octanol–water partition coefficient (Wildman–Crippen LogP) is 3.27. The number of hydrogen-bond acceptors (Lipinski definition) is 9. The SMILES string of the molecule is CC(=O)O[C@@H]1C[C@@]23C[C@@]24CC[C@H](O[C@@H]2OC[C@@H](O)[C@H](O)[C@H]2O)C(C)(C)[C@@H]4CC=C3[C@]2(C)C[C@@H]3OC(=O)C[C@@H](C)[C@@H]3[C@@]12C. The second-order valence-corrected chi connectivity index (χ2v) is 15.9. The molecule has 0 bridgehead atoms. The molecule has 42 heavy (non-hydrogen) atoms. The van der Waals surface area contributed by atoms with Crippen molar-refractivity contribution in [2.75, 3.05) is 6.61 Å². The van der Waals surface area contributed by atoms with Gasteiger partial charge in [0.25, 0.3) is 0 Å². The molecule has 9 nitrogen and oxygen atoms in total. The highest BCUT2D eigenvalue weighted by atomic mass is 16.7. The molecule has 7 aliphatic rings. The molecule has 0 aromatic carbocycles. The predicted molar refractivity (Wildman–Crippen MR) is 149 cm³/mol. The van der Waals surface area contributed by atoms with E-state index in [1.807, 2.05) is 0 Å². The summed E-state index contributed by atoms with van der Waals surface area (Å²) < 4.78 is 24.4. The van der Waals surface area contributed by atoms with Gasteiger partial charge in [-0.15, -0.1) is 0 Å². The fourth-order valence-corrected chi connectivity index (χ4v) is 12.0. The Balaban J connectivity index is 1.24. The Bertz CT molecular complexity index is 1210. The zero-order valence-electron chi connectivity index (χ0n) is 25.8. The van der Waals surface area contributed by atoms with Crippen LogP contribution in [0.3, 0.4) is 0 Å². The molecule has 0 unspecified atom stereocenters. The van der Waals surface area contributed by atoms with Gasteiger partial charge in [0, 0.05) is 35.5 Å². The summed E-state index contributed by atoms with van der Waals surface area (Å²) in [5, 5.41) is 30.7. The van der Waals surface area contributed by atoms with Crippen LogP contribution in [0.1, 0.15) is 86.5 Å². The van der Waals surface area contributed by atoms with Crippen molar-refractivity contribution in [2.24, 2.45) is 44.8 Å². The molecule has 9 heteroatoms. The third-order valence-electron chi connectivity index (χ3n) is 13.9. The van der Waals surface area contributed by atoms with Crippen molar-refractivity contribution in [3.63, 3.8) is 0 Å². The Hall–Kier alpha value is -1.52. The van der Waals surface area contributed by atoms with E-state index in [1.54, 1.807) is 0 Å². The van der Waals surface area contributed by atoms with Gasteiger partial charge < -0.3 is 34.3 Å². The summed E-state index contributed by atoms with van der Waals surface area (Å²) in [5.41, 5.74) is 0.624. The lowest BCUT2D eigenvalue weighted by molar-refractivity contribution is -0.300. The summed E-state index contributed by atoms with van der Waals surface area (Å²) in [7, 11) is 0. The molecule has 2 spiro atoms. The van der Waals surface area contributed by atoms with Gasteiger partial charge >= 0.3 is 11.9 Å². The molecule has 2 heterocycles. The van der Waals surface area contributed by atoms with Gasteiger partial charge in [-0.3, -0.25) is 9.59 Å². The monoisotopic (exact) mass is 588 g/mol.